The van der Waals surface area contributed by atoms with Crippen molar-refractivity contribution in [1.82, 2.24) is 9.97 Å². The Bertz CT molecular complexity index is 483. The third-order valence-corrected chi connectivity index (χ3v) is 2.65. The molecule has 0 aliphatic rings. The Morgan fingerprint density at radius 1 is 1.25 bits per heavy atom. The van der Waals surface area contributed by atoms with Crippen molar-refractivity contribution in [3.05, 3.63) is 29.0 Å². The van der Waals surface area contributed by atoms with Gasteiger partial charge in [-0.05, 0) is 12.1 Å². The summed E-state index contributed by atoms with van der Waals surface area (Å²) in [4.78, 5) is 7.24. The van der Waals surface area contributed by atoms with Crippen molar-refractivity contribution in [3.8, 4) is 22.9 Å². The summed E-state index contributed by atoms with van der Waals surface area (Å²) in [6, 6.07) is 3.78. The highest BCUT2D eigenvalue weighted by Gasteiger charge is 2.14. The molecule has 1 heterocycles. The highest BCUT2D eigenvalue weighted by molar-refractivity contribution is 9.10. The number of H-pyrrole nitrogens is 1. The molecule has 1 aromatic carbocycles. The van der Waals surface area contributed by atoms with Crippen molar-refractivity contribution in [1.29, 1.82) is 0 Å². The van der Waals surface area contributed by atoms with Gasteiger partial charge in [-0.2, -0.15) is 0 Å². The Balaban J connectivity index is 2.63. The summed E-state index contributed by atoms with van der Waals surface area (Å²) in [5.41, 5.74) is 0.860. The van der Waals surface area contributed by atoms with Gasteiger partial charge in [0.1, 0.15) is 5.82 Å². The van der Waals surface area contributed by atoms with Crippen LogP contribution in [0.2, 0.25) is 0 Å². The van der Waals surface area contributed by atoms with Gasteiger partial charge < -0.3 is 14.5 Å². The molecule has 0 aliphatic carbocycles. The van der Waals surface area contributed by atoms with Crippen molar-refractivity contribution in [2.45, 2.75) is 0 Å². The second kappa shape index (κ2) is 4.57. The summed E-state index contributed by atoms with van der Waals surface area (Å²) in [6.07, 6.45) is 3.46. The number of benzene rings is 1. The van der Waals surface area contributed by atoms with Crippen LogP contribution in [-0.2, 0) is 0 Å². The predicted octanol–water partition coefficient (Wildman–Crippen LogP) is 2.86. The highest BCUT2D eigenvalue weighted by atomic mass is 79.9. The molecule has 1 N–H and O–H groups in total. The SMILES string of the molecule is COc1cc(Br)cc(-c2ncc[nH]2)c1OC. The van der Waals surface area contributed by atoms with Gasteiger partial charge in [-0.1, -0.05) is 15.9 Å². The first-order chi connectivity index (χ1) is 7.76. The molecule has 0 amide bonds. The fourth-order valence-corrected chi connectivity index (χ4v) is 1.96. The average Bonchev–Trinajstić information content (AvgIpc) is 2.81. The molecule has 0 radical (unpaired) electrons. The van der Waals surface area contributed by atoms with E-state index < -0.39 is 0 Å². The van der Waals surface area contributed by atoms with E-state index in [1.165, 1.54) is 0 Å². The zero-order chi connectivity index (χ0) is 11.5. The summed E-state index contributed by atoms with van der Waals surface area (Å²) in [7, 11) is 3.22. The first kappa shape index (κ1) is 11.0. The van der Waals surface area contributed by atoms with Gasteiger partial charge in [0.05, 0.1) is 19.8 Å². The first-order valence-corrected chi connectivity index (χ1v) is 5.47. The molecule has 4 nitrogen and oxygen atoms in total. The summed E-state index contributed by atoms with van der Waals surface area (Å²) < 4.78 is 11.5. The molecule has 0 atom stereocenters. The third kappa shape index (κ3) is 1.90. The van der Waals surface area contributed by atoms with Crippen LogP contribution in [0, 0.1) is 0 Å². The Hall–Kier alpha value is -1.49. The lowest BCUT2D eigenvalue weighted by atomic mass is 10.1. The third-order valence-electron chi connectivity index (χ3n) is 2.20. The predicted molar refractivity (Wildman–Crippen MR) is 64.8 cm³/mol. The number of imidazole rings is 1. The quantitative estimate of drug-likeness (QED) is 0.942. The van der Waals surface area contributed by atoms with Crippen molar-refractivity contribution >= 4 is 15.9 Å². The molecule has 0 unspecified atom stereocenters. The molecule has 0 saturated carbocycles. The van der Waals surface area contributed by atoms with E-state index in [9.17, 15) is 0 Å². The second-order valence-corrected chi connectivity index (χ2v) is 4.04. The lowest BCUT2D eigenvalue weighted by Crippen LogP contribution is -1.94. The van der Waals surface area contributed by atoms with Gasteiger partial charge >= 0.3 is 0 Å². The van der Waals surface area contributed by atoms with Crippen molar-refractivity contribution < 1.29 is 9.47 Å². The lowest BCUT2D eigenvalue weighted by Gasteiger charge is -2.11. The van der Waals surface area contributed by atoms with E-state index >= 15 is 0 Å². The number of halogens is 1. The first-order valence-electron chi connectivity index (χ1n) is 4.67. The largest absolute Gasteiger partial charge is 0.493 e. The number of nitrogens with zero attached hydrogens (tertiary/aromatic N) is 1. The summed E-state index contributed by atoms with van der Waals surface area (Å²) in [6.45, 7) is 0. The van der Waals surface area contributed by atoms with Gasteiger partial charge in [-0.25, -0.2) is 4.98 Å². The van der Waals surface area contributed by atoms with Crippen LogP contribution in [0.3, 0.4) is 0 Å². The van der Waals surface area contributed by atoms with Gasteiger partial charge in [-0.3, -0.25) is 0 Å². The minimum Gasteiger partial charge on any atom is -0.493 e. The molecular weight excluding hydrogens is 272 g/mol. The zero-order valence-corrected chi connectivity index (χ0v) is 10.5. The maximum Gasteiger partial charge on any atom is 0.171 e. The van der Waals surface area contributed by atoms with Gasteiger partial charge in [0, 0.05) is 16.9 Å². The molecule has 1 aromatic heterocycles. The van der Waals surface area contributed by atoms with Crippen LogP contribution in [0.4, 0.5) is 0 Å². The Morgan fingerprint density at radius 3 is 2.62 bits per heavy atom. The van der Waals surface area contributed by atoms with Gasteiger partial charge in [0.15, 0.2) is 11.5 Å². The van der Waals surface area contributed by atoms with E-state index in [0.29, 0.717) is 11.5 Å². The Kier molecular flexibility index (Phi) is 3.14. The van der Waals surface area contributed by atoms with E-state index in [-0.39, 0.29) is 0 Å². The minimum absolute atomic E-state index is 0.667. The summed E-state index contributed by atoms with van der Waals surface area (Å²) >= 11 is 3.43. The van der Waals surface area contributed by atoms with E-state index in [1.54, 1.807) is 26.6 Å². The average molecular weight is 283 g/mol. The van der Waals surface area contributed by atoms with E-state index in [4.69, 9.17) is 9.47 Å². The smallest absolute Gasteiger partial charge is 0.171 e. The molecule has 0 bridgehead atoms. The van der Waals surface area contributed by atoms with Crippen LogP contribution in [0.25, 0.3) is 11.4 Å². The van der Waals surface area contributed by atoms with Gasteiger partial charge in [0.25, 0.3) is 0 Å². The fraction of sp³-hybridized carbons (Fsp3) is 0.182. The number of nitrogens with one attached hydrogen (secondary N) is 1. The topological polar surface area (TPSA) is 47.1 Å². The molecule has 16 heavy (non-hydrogen) atoms. The van der Waals surface area contributed by atoms with Crippen LogP contribution in [-0.4, -0.2) is 24.2 Å². The number of aromatic amines is 1. The Labute approximate surface area is 102 Å². The monoisotopic (exact) mass is 282 g/mol. The van der Waals surface area contributed by atoms with Crippen LogP contribution in [0.1, 0.15) is 0 Å². The number of hydrogen-bond acceptors (Lipinski definition) is 3. The molecule has 0 spiro atoms. The zero-order valence-electron chi connectivity index (χ0n) is 8.95. The molecule has 84 valence electrons. The minimum atomic E-state index is 0.667. The molecule has 0 saturated heterocycles. The van der Waals surface area contributed by atoms with Crippen molar-refractivity contribution in [2.24, 2.45) is 0 Å². The van der Waals surface area contributed by atoms with Crippen molar-refractivity contribution in [3.63, 3.8) is 0 Å². The maximum absolute atomic E-state index is 5.34. The maximum atomic E-state index is 5.34. The molecule has 0 fully saturated rings. The lowest BCUT2D eigenvalue weighted by molar-refractivity contribution is 0.356. The van der Waals surface area contributed by atoms with Gasteiger partial charge in [-0.15, -0.1) is 0 Å². The number of ether oxygens (including phenoxy) is 2. The molecule has 2 aromatic rings. The van der Waals surface area contributed by atoms with Gasteiger partial charge in [0.2, 0.25) is 0 Å². The standard InChI is InChI=1S/C11H11BrN2O2/c1-15-9-6-7(12)5-8(10(9)16-2)11-13-3-4-14-11/h3-6H,1-2H3,(H,13,14). The van der Waals surface area contributed by atoms with Crippen LogP contribution in [0.15, 0.2) is 29.0 Å². The summed E-state index contributed by atoms with van der Waals surface area (Å²) in [5.74, 6) is 2.08. The number of rotatable bonds is 3. The van der Waals surface area contributed by atoms with E-state index in [2.05, 4.69) is 25.9 Å². The van der Waals surface area contributed by atoms with Crippen molar-refractivity contribution in [2.75, 3.05) is 14.2 Å². The highest BCUT2D eigenvalue weighted by Crippen LogP contribution is 2.39. The number of aromatic nitrogens is 2. The van der Waals surface area contributed by atoms with Crippen LogP contribution < -0.4 is 9.47 Å². The molecular formula is C11H11BrN2O2. The normalized spacial score (nSPS) is 10.2. The van der Waals surface area contributed by atoms with Crippen LogP contribution >= 0.6 is 15.9 Å². The Morgan fingerprint density at radius 2 is 2.06 bits per heavy atom. The molecule has 5 heteroatoms. The fourth-order valence-electron chi connectivity index (χ4n) is 1.52. The summed E-state index contributed by atoms with van der Waals surface area (Å²) in [5, 5.41) is 0. The number of hydrogen-bond donors (Lipinski definition) is 1. The van der Waals surface area contributed by atoms with E-state index in [1.807, 2.05) is 12.1 Å². The second-order valence-electron chi connectivity index (χ2n) is 3.13. The molecule has 0 aliphatic heterocycles. The molecule has 2 rings (SSSR count). The number of methoxy groups -OCH3 is 2. The van der Waals surface area contributed by atoms with E-state index in [0.717, 1.165) is 15.9 Å². The van der Waals surface area contributed by atoms with Crippen LogP contribution in [0.5, 0.6) is 11.5 Å².